The molecule has 2 aromatic heterocycles. The normalized spacial score (nSPS) is 12.0. The molecular formula is C18H28N4O3S. The van der Waals surface area contributed by atoms with Crippen LogP contribution >= 0.6 is 0 Å². The summed E-state index contributed by atoms with van der Waals surface area (Å²) in [5, 5.41) is 0. The van der Waals surface area contributed by atoms with Crippen LogP contribution in [0.4, 0.5) is 0 Å². The Balaban J connectivity index is 2.42. The zero-order chi connectivity index (χ0) is 19.0. The van der Waals surface area contributed by atoms with Crippen molar-refractivity contribution >= 4 is 10.1 Å². The van der Waals surface area contributed by atoms with Gasteiger partial charge < -0.3 is 9.13 Å². The highest BCUT2D eigenvalue weighted by Crippen LogP contribution is 2.27. The fourth-order valence-electron chi connectivity index (χ4n) is 2.68. The molecular weight excluding hydrogens is 352 g/mol. The molecule has 7 nitrogen and oxygen atoms in total. The third-order valence-electron chi connectivity index (χ3n) is 4.03. The van der Waals surface area contributed by atoms with E-state index in [1.54, 1.807) is 12.4 Å². The minimum Gasteiger partial charge on any atom is -0.332 e. The SMILES string of the molecule is C=CCS(=O)(=O)OC(c1nccn1CCCC)c1nccn1CCCC. The highest BCUT2D eigenvalue weighted by molar-refractivity contribution is 7.86. The molecule has 0 spiro atoms. The van der Waals surface area contributed by atoms with Crippen molar-refractivity contribution in [2.45, 2.75) is 58.7 Å². The van der Waals surface area contributed by atoms with Gasteiger partial charge in [0.05, 0.1) is 5.75 Å². The maximum Gasteiger partial charge on any atom is 0.272 e. The van der Waals surface area contributed by atoms with E-state index in [-0.39, 0.29) is 5.75 Å². The molecule has 0 aliphatic heterocycles. The van der Waals surface area contributed by atoms with E-state index in [1.807, 2.05) is 21.5 Å². The minimum atomic E-state index is -3.78. The molecule has 0 aromatic carbocycles. The molecule has 8 heteroatoms. The second-order valence-electron chi connectivity index (χ2n) is 6.15. The average molecular weight is 381 g/mol. The molecule has 0 unspecified atom stereocenters. The van der Waals surface area contributed by atoms with Gasteiger partial charge in [-0.1, -0.05) is 32.8 Å². The van der Waals surface area contributed by atoms with Crippen LogP contribution in [-0.2, 0) is 27.4 Å². The smallest absolute Gasteiger partial charge is 0.272 e. The lowest BCUT2D eigenvalue weighted by atomic mass is 10.2. The summed E-state index contributed by atoms with van der Waals surface area (Å²) in [5.74, 6) is 0.847. The van der Waals surface area contributed by atoms with Crippen molar-refractivity contribution in [3.8, 4) is 0 Å². The van der Waals surface area contributed by atoms with Gasteiger partial charge in [0.25, 0.3) is 10.1 Å². The van der Waals surface area contributed by atoms with Gasteiger partial charge in [0.15, 0.2) is 6.10 Å². The summed E-state index contributed by atoms with van der Waals surface area (Å²) in [7, 11) is -3.78. The molecule has 2 heterocycles. The number of rotatable bonds is 12. The van der Waals surface area contributed by atoms with Gasteiger partial charge in [-0.25, -0.2) is 9.97 Å². The maximum absolute atomic E-state index is 12.3. The lowest BCUT2D eigenvalue weighted by Gasteiger charge is -2.19. The first-order valence-corrected chi connectivity index (χ1v) is 10.6. The van der Waals surface area contributed by atoms with Crippen LogP contribution in [0.25, 0.3) is 0 Å². The van der Waals surface area contributed by atoms with Crippen LogP contribution in [0, 0.1) is 0 Å². The Bertz CT molecular complexity index is 749. The molecule has 0 fully saturated rings. The number of hydrogen-bond donors (Lipinski definition) is 0. The molecule has 0 atom stereocenters. The van der Waals surface area contributed by atoms with E-state index in [9.17, 15) is 8.42 Å². The Morgan fingerprint density at radius 2 is 1.58 bits per heavy atom. The summed E-state index contributed by atoms with van der Waals surface area (Å²) >= 11 is 0. The van der Waals surface area contributed by atoms with E-state index in [2.05, 4.69) is 30.4 Å². The van der Waals surface area contributed by atoms with Crippen molar-refractivity contribution in [3.05, 3.63) is 49.1 Å². The van der Waals surface area contributed by atoms with E-state index in [1.165, 1.54) is 6.08 Å². The molecule has 0 bridgehead atoms. The first-order valence-electron chi connectivity index (χ1n) is 9.06. The first kappa shape index (κ1) is 20.4. The summed E-state index contributed by atoms with van der Waals surface area (Å²) in [6, 6.07) is 0. The molecule has 0 aliphatic rings. The fourth-order valence-corrected chi connectivity index (χ4v) is 3.52. The van der Waals surface area contributed by atoms with Gasteiger partial charge in [0, 0.05) is 37.9 Å². The molecule has 0 amide bonds. The lowest BCUT2D eigenvalue weighted by Crippen LogP contribution is -2.22. The predicted molar refractivity (Wildman–Crippen MR) is 101 cm³/mol. The van der Waals surface area contributed by atoms with Crippen LogP contribution in [-0.4, -0.2) is 33.3 Å². The highest BCUT2D eigenvalue weighted by Gasteiger charge is 2.29. The number of imidazole rings is 2. The summed E-state index contributed by atoms with van der Waals surface area (Å²) in [5.41, 5.74) is 0. The van der Waals surface area contributed by atoms with E-state index in [0.717, 1.165) is 38.8 Å². The molecule has 2 rings (SSSR count). The van der Waals surface area contributed by atoms with E-state index in [0.29, 0.717) is 11.6 Å². The number of nitrogens with zero attached hydrogens (tertiary/aromatic N) is 4. The van der Waals surface area contributed by atoms with Gasteiger partial charge in [0.2, 0.25) is 0 Å². The van der Waals surface area contributed by atoms with Crippen molar-refractivity contribution in [3.63, 3.8) is 0 Å². The van der Waals surface area contributed by atoms with Crippen LogP contribution in [0.1, 0.15) is 57.3 Å². The number of hydrogen-bond acceptors (Lipinski definition) is 5. The molecule has 0 saturated carbocycles. The third-order valence-corrected chi connectivity index (χ3v) is 5.16. The van der Waals surface area contributed by atoms with Crippen LogP contribution in [0.3, 0.4) is 0 Å². The van der Waals surface area contributed by atoms with Gasteiger partial charge in [-0.15, -0.1) is 6.58 Å². The standard InChI is InChI=1S/C18H28N4O3S/c1-4-7-11-21-13-9-19-17(21)16(25-26(23,24)15-6-3)18-20-10-14-22(18)12-8-5-2/h6,9-10,13-14,16H,3-5,7-8,11-12,15H2,1-2H3. The molecule has 0 aliphatic carbocycles. The predicted octanol–water partition coefficient (Wildman–Crippen LogP) is 3.30. The molecule has 0 N–H and O–H groups in total. The summed E-state index contributed by atoms with van der Waals surface area (Å²) in [6.45, 7) is 9.22. The monoisotopic (exact) mass is 380 g/mol. The third kappa shape index (κ3) is 5.28. The Morgan fingerprint density at radius 3 is 2.00 bits per heavy atom. The van der Waals surface area contributed by atoms with Crippen molar-refractivity contribution in [2.75, 3.05) is 5.75 Å². The fraction of sp³-hybridized carbons (Fsp3) is 0.556. The molecule has 0 saturated heterocycles. The second-order valence-corrected chi connectivity index (χ2v) is 7.80. The van der Waals surface area contributed by atoms with Crippen molar-refractivity contribution in [1.82, 2.24) is 19.1 Å². The van der Waals surface area contributed by atoms with Crippen molar-refractivity contribution in [1.29, 1.82) is 0 Å². The highest BCUT2D eigenvalue weighted by atomic mass is 32.2. The Morgan fingerprint density at radius 1 is 1.08 bits per heavy atom. The Kier molecular flexibility index (Phi) is 7.59. The zero-order valence-electron chi connectivity index (χ0n) is 15.5. The Hall–Kier alpha value is -1.93. The van der Waals surface area contributed by atoms with E-state index < -0.39 is 16.2 Å². The number of aryl methyl sites for hydroxylation is 2. The number of aromatic nitrogens is 4. The zero-order valence-corrected chi connectivity index (χ0v) is 16.4. The van der Waals surface area contributed by atoms with Gasteiger partial charge in [-0.3, -0.25) is 4.18 Å². The topological polar surface area (TPSA) is 79.0 Å². The first-order chi connectivity index (χ1) is 12.5. The van der Waals surface area contributed by atoms with Crippen LogP contribution in [0.15, 0.2) is 37.4 Å². The van der Waals surface area contributed by atoms with Crippen molar-refractivity contribution in [2.24, 2.45) is 0 Å². The Labute approximate surface area is 155 Å². The molecule has 144 valence electrons. The minimum absolute atomic E-state index is 0.255. The molecule has 26 heavy (non-hydrogen) atoms. The van der Waals surface area contributed by atoms with Gasteiger partial charge in [0.1, 0.15) is 11.6 Å². The van der Waals surface area contributed by atoms with Gasteiger partial charge in [-0.2, -0.15) is 8.42 Å². The van der Waals surface area contributed by atoms with Gasteiger partial charge in [-0.05, 0) is 12.8 Å². The maximum atomic E-state index is 12.3. The molecule has 0 radical (unpaired) electrons. The van der Waals surface area contributed by atoms with Crippen LogP contribution < -0.4 is 0 Å². The average Bonchev–Trinajstić information content (AvgIpc) is 3.25. The quantitative estimate of drug-likeness (QED) is 0.417. The van der Waals surface area contributed by atoms with E-state index >= 15 is 0 Å². The van der Waals surface area contributed by atoms with Crippen molar-refractivity contribution < 1.29 is 12.6 Å². The van der Waals surface area contributed by atoms with Crippen LogP contribution in [0.2, 0.25) is 0 Å². The van der Waals surface area contributed by atoms with E-state index in [4.69, 9.17) is 4.18 Å². The van der Waals surface area contributed by atoms with Crippen LogP contribution in [0.5, 0.6) is 0 Å². The summed E-state index contributed by atoms with van der Waals surface area (Å²) < 4.78 is 34.1. The lowest BCUT2D eigenvalue weighted by molar-refractivity contribution is 0.222. The summed E-state index contributed by atoms with van der Waals surface area (Å²) in [4.78, 5) is 8.77. The van der Waals surface area contributed by atoms with Gasteiger partial charge >= 0.3 is 0 Å². The number of unbranched alkanes of at least 4 members (excludes halogenated alkanes) is 2. The largest absolute Gasteiger partial charge is 0.332 e. The second kappa shape index (κ2) is 9.68. The molecule has 2 aromatic rings. The summed E-state index contributed by atoms with van der Waals surface area (Å²) in [6.07, 6.45) is 11.5.